The minimum atomic E-state index is -0.113. The molecule has 0 bridgehead atoms. The van der Waals surface area contributed by atoms with E-state index in [9.17, 15) is 4.79 Å². The second kappa shape index (κ2) is 10.2. The van der Waals surface area contributed by atoms with Gasteiger partial charge in [0.05, 0.1) is 13.0 Å². The molecule has 0 aromatic heterocycles. The van der Waals surface area contributed by atoms with Crippen LogP contribution in [-0.4, -0.2) is 50.6 Å². The van der Waals surface area contributed by atoms with Crippen LogP contribution in [0.3, 0.4) is 0 Å². The number of methoxy groups -OCH3 is 1. The van der Waals surface area contributed by atoms with E-state index in [0.717, 1.165) is 25.5 Å². The Bertz CT molecular complexity index is 451. The number of esters is 1. The van der Waals surface area contributed by atoms with Crippen molar-refractivity contribution < 1.29 is 9.53 Å². The molecule has 1 fully saturated rings. The predicted molar refractivity (Wildman–Crippen MR) is 104 cm³/mol. The minimum absolute atomic E-state index is 0. The van der Waals surface area contributed by atoms with Gasteiger partial charge in [0, 0.05) is 26.7 Å². The van der Waals surface area contributed by atoms with E-state index in [-0.39, 0.29) is 35.9 Å². The highest BCUT2D eigenvalue weighted by atomic mass is 127. The van der Waals surface area contributed by atoms with Crippen molar-refractivity contribution in [2.75, 3.05) is 33.8 Å². The largest absolute Gasteiger partial charge is 0.469 e. The van der Waals surface area contributed by atoms with Gasteiger partial charge >= 0.3 is 5.97 Å². The van der Waals surface area contributed by atoms with Crippen molar-refractivity contribution in [3.63, 3.8) is 0 Å². The van der Waals surface area contributed by atoms with Gasteiger partial charge in [-0.2, -0.15) is 0 Å². The molecule has 2 aliphatic rings. The lowest BCUT2D eigenvalue weighted by Gasteiger charge is -2.22. The van der Waals surface area contributed by atoms with Crippen molar-refractivity contribution in [2.45, 2.75) is 39.0 Å². The molecule has 132 valence electrons. The Labute approximate surface area is 157 Å². The molecule has 2 unspecified atom stereocenters. The topological polar surface area (TPSA) is 53.9 Å². The molecule has 6 heteroatoms. The van der Waals surface area contributed by atoms with E-state index in [0.29, 0.717) is 12.5 Å². The van der Waals surface area contributed by atoms with Crippen LogP contribution in [0.1, 0.15) is 39.0 Å². The molecule has 1 N–H and O–H groups in total. The zero-order chi connectivity index (χ0) is 15.9. The molecule has 0 aromatic carbocycles. The number of halogens is 1. The number of nitrogens with zero attached hydrogens (tertiary/aromatic N) is 2. The number of carbonyl (C=O) groups is 1. The van der Waals surface area contributed by atoms with Crippen LogP contribution >= 0.6 is 24.0 Å². The van der Waals surface area contributed by atoms with E-state index < -0.39 is 0 Å². The average molecular weight is 435 g/mol. The highest BCUT2D eigenvalue weighted by molar-refractivity contribution is 14.0. The fraction of sp³-hybridized carbons (Fsp3) is 0.765. The molecule has 0 radical (unpaired) electrons. The molecule has 5 nitrogen and oxygen atoms in total. The summed E-state index contributed by atoms with van der Waals surface area (Å²) in [5.41, 5.74) is 1.57. The van der Waals surface area contributed by atoms with Gasteiger partial charge in [0.2, 0.25) is 0 Å². The normalized spacial score (nSPS) is 24.7. The maximum Gasteiger partial charge on any atom is 0.310 e. The maximum absolute atomic E-state index is 11.8. The maximum atomic E-state index is 11.8. The number of guanidine groups is 1. The van der Waals surface area contributed by atoms with E-state index in [1.54, 1.807) is 12.6 Å². The van der Waals surface area contributed by atoms with Crippen LogP contribution in [0.4, 0.5) is 0 Å². The number of rotatable bonds is 4. The van der Waals surface area contributed by atoms with Gasteiger partial charge in [-0.3, -0.25) is 9.79 Å². The number of carbonyl (C=O) groups excluding carboxylic acids is 1. The number of ether oxygens (including phenoxy) is 1. The third-order valence-electron chi connectivity index (χ3n) is 4.74. The van der Waals surface area contributed by atoms with Crippen LogP contribution < -0.4 is 5.32 Å². The smallest absolute Gasteiger partial charge is 0.310 e. The van der Waals surface area contributed by atoms with Crippen molar-refractivity contribution >= 4 is 35.9 Å². The van der Waals surface area contributed by atoms with E-state index in [4.69, 9.17) is 4.74 Å². The highest BCUT2D eigenvalue weighted by Gasteiger charge is 2.36. The number of hydrogen-bond acceptors (Lipinski definition) is 3. The summed E-state index contributed by atoms with van der Waals surface area (Å²) in [5.74, 6) is 1.03. The fourth-order valence-electron chi connectivity index (χ4n) is 3.40. The summed E-state index contributed by atoms with van der Waals surface area (Å²) in [6.07, 6.45) is 8.60. The van der Waals surface area contributed by atoms with E-state index in [1.165, 1.54) is 32.8 Å². The Morgan fingerprint density at radius 3 is 2.83 bits per heavy atom. The predicted octanol–water partition coefficient (Wildman–Crippen LogP) is 2.81. The van der Waals surface area contributed by atoms with Crippen molar-refractivity contribution in [3.05, 3.63) is 11.6 Å². The quantitative estimate of drug-likeness (QED) is 0.243. The monoisotopic (exact) mass is 435 g/mol. The lowest BCUT2D eigenvalue weighted by molar-refractivity contribution is -0.145. The number of likely N-dealkylation sites (tertiary alicyclic amines) is 1. The van der Waals surface area contributed by atoms with Gasteiger partial charge in [-0.15, -0.1) is 24.0 Å². The summed E-state index contributed by atoms with van der Waals surface area (Å²) < 4.78 is 4.89. The molecule has 1 aliphatic heterocycles. The highest BCUT2D eigenvalue weighted by Crippen LogP contribution is 2.24. The molecule has 0 saturated carbocycles. The average Bonchev–Trinajstić information content (AvgIpc) is 2.93. The molecular weight excluding hydrogens is 405 g/mol. The van der Waals surface area contributed by atoms with Crippen molar-refractivity contribution in [3.8, 4) is 0 Å². The summed E-state index contributed by atoms with van der Waals surface area (Å²) in [6, 6.07) is 0. The molecule has 2 atom stereocenters. The van der Waals surface area contributed by atoms with Crippen LogP contribution in [-0.2, 0) is 9.53 Å². The molecule has 1 heterocycles. The molecule has 1 saturated heterocycles. The van der Waals surface area contributed by atoms with Crippen molar-refractivity contribution in [1.82, 2.24) is 10.2 Å². The standard InChI is InChI=1S/C17H29N3O2.HI/c1-13-11-20(12-15(13)16(21)22-3)17(18-2)19-10-9-14-7-5-4-6-8-14;/h7,13,15H,4-6,8-12H2,1-3H3,(H,18,19);1H. The second-order valence-electron chi connectivity index (χ2n) is 6.34. The van der Waals surface area contributed by atoms with Crippen LogP contribution in [0.25, 0.3) is 0 Å². The van der Waals surface area contributed by atoms with Gasteiger partial charge < -0.3 is 15.0 Å². The first-order valence-electron chi connectivity index (χ1n) is 8.37. The van der Waals surface area contributed by atoms with Gasteiger partial charge in [-0.1, -0.05) is 18.6 Å². The molecule has 23 heavy (non-hydrogen) atoms. The van der Waals surface area contributed by atoms with Crippen LogP contribution in [0.5, 0.6) is 0 Å². The summed E-state index contributed by atoms with van der Waals surface area (Å²) >= 11 is 0. The molecule has 0 aromatic rings. The summed E-state index contributed by atoms with van der Waals surface area (Å²) in [5, 5.41) is 3.44. The van der Waals surface area contributed by atoms with E-state index >= 15 is 0 Å². The summed E-state index contributed by atoms with van der Waals surface area (Å²) in [7, 11) is 3.26. The Balaban J connectivity index is 0.00000264. The van der Waals surface area contributed by atoms with Crippen molar-refractivity contribution in [2.24, 2.45) is 16.8 Å². The Kier molecular flexibility index (Phi) is 8.94. The first kappa shape index (κ1) is 20.3. The number of hydrogen-bond donors (Lipinski definition) is 1. The third kappa shape index (κ3) is 5.65. The number of nitrogens with one attached hydrogen (secondary N) is 1. The fourth-order valence-corrected chi connectivity index (χ4v) is 3.40. The number of allylic oxidation sites excluding steroid dienone is 1. The van der Waals surface area contributed by atoms with Gasteiger partial charge in [-0.25, -0.2) is 0 Å². The van der Waals surface area contributed by atoms with Gasteiger partial charge in [0.1, 0.15) is 0 Å². The van der Waals surface area contributed by atoms with Crippen LogP contribution in [0.2, 0.25) is 0 Å². The molecule has 2 rings (SSSR count). The van der Waals surface area contributed by atoms with Gasteiger partial charge in [0.15, 0.2) is 5.96 Å². The summed E-state index contributed by atoms with van der Waals surface area (Å²) in [4.78, 5) is 18.3. The second-order valence-corrected chi connectivity index (χ2v) is 6.34. The van der Waals surface area contributed by atoms with Crippen LogP contribution in [0.15, 0.2) is 16.6 Å². The van der Waals surface area contributed by atoms with Crippen molar-refractivity contribution in [1.29, 1.82) is 0 Å². The van der Waals surface area contributed by atoms with Gasteiger partial charge in [-0.05, 0) is 38.0 Å². The first-order valence-corrected chi connectivity index (χ1v) is 8.37. The molecule has 1 aliphatic carbocycles. The minimum Gasteiger partial charge on any atom is -0.469 e. The zero-order valence-electron chi connectivity index (χ0n) is 14.5. The molecule has 0 spiro atoms. The zero-order valence-corrected chi connectivity index (χ0v) is 16.8. The SMILES string of the molecule is CN=C(NCCC1=CCCCC1)N1CC(C)C(C(=O)OC)C1.I. The van der Waals surface area contributed by atoms with Gasteiger partial charge in [0.25, 0.3) is 0 Å². The molecule has 0 amide bonds. The van der Waals surface area contributed by atoms with Crippen LogP contribution in [0, 0.1) is 11.8 Å². The number of aliphatic imine (C=N–C) groups is 1. The third-order valence-corrected chi connectivity index (χ3v) is 4.74. The van der Waals surface area contributed by atoms with E-state index in [1.807, 2.05) is 0 Å². The lowest BCUT2D eigenvalue weighted by atomic mass is 9.97. The Morgan fingerprint density at radius 1 is 1.43 bits per heavy atom. The Morgan fingerprint density at radius 2 is 2.22 bits per heavy atom. The molecular formula is C17H30IN3O2. The van der Waals surface area contributed by atoms with E-state index in [2.05, 4.69) is 28.2 Å². The summed E-state index contributed by atoms with van der Waals surface area (Å²) in [6.45, 7) is 4.55. The first-order chi connectivity index (χ1) is 10.7. The Hall–Kier alpha value is -0.790. The lowest BCUT2D eigenvalue weighted by Crippen LogP contribution is -2.41.